The van der Waals surface area contributed by atoms with Crippen molar-refractivity contribution in [2.75, 3.05) is 13.7 Å². The molecule has 0 fully saturated rings. The normalized spacial score (nSPS) is 26.3. The number of methoxy groups -OCH3 is 1. The summed E-state index contributed by atoms with van der Waals surface area (Å²) in [4.78, 5) is 4.53. The SMILES string of the molecule is C/C=C1/c2cc(OC)ccc2OCC2N=CC=CC12. The fraction of sp³-hybridized carbons (Fsp3) is 0.312. The molecule has 1 aromatic carbocycles. The first-order valence-corrected chi connectivity index (χ1v) is 6.51. The fourth-order valence-electron chi connectivity index (χ4n) is 2.70. The lowest BCUT2D eigenvalue weighted by atomic mass is 9.86. The molecule has 0 saturated heterocycles. The van der Waals surface area contributed by atoms with Crippen LogP contribution in [0.5, 0.6) is 11.5 Å². The number of rotatable bonds is 1. The number of hydrogen-bond acceptors (Lipinski definition) is 3. The summed E-state index contributed by atoms with van der Waals surface area (Å²) < 4.78 is 11.2. The molecule has 0 aromatic heterocycles. The molecule has 2 heterocycles. The van der Waals surface area contributed by atoms with Crippen molar-refractivity contribution in [3.05, 3.63) is 42.0 Å². The minimum Gasteiger partial charge on any atom is -0.497 e. The van der Waals surface area contributed by atoms with Gasteiger partial charge in [0.05, 0.1) is 13.2 Å². The van der Waals surface area contributed by atoms with E-state index in [9.17, 15) is 0 Å². The molecule has 3 rings (SSSR count). The van der Waals surface area contributed by atoms with Gasteiger partial charge in [0.15, 0.2) is 0 Å². The minimum absolute atomic E-state index is 0.162. The lowest BCUT2D eigenvalue weighted by molar-refractivity contribution is 0.284. The van der Waals surface area contributed by atoms with E-state index in [2.05, 4.69) is 24.1 Å². The van der Waals surface area contributed by atoms with Crippen LogP contribution >= 0.6 is 0 Å². The molecule has 0 bridgehead atoms. The third kappa shape index (κ3) is 2.05. The minimum atomic E-state index is 0.162. The highest BCUT2D eigenvalue weighted by molar-refractivity contribution is 5.79. The van der Waals surface area contributed by atoms with Gasteiger partial charge in [-0.15, -0.1) is 0 Å². The van der Waals surface area contributed by atoms with Crippen LogP contribution in [0.3, 0.4) is 0 Å². The highest BCUT2D eigenvalue weighted by Gasteiger charge is 2.30. The zero-order valence-corrected chi connectivity index (χ0v) is 11.2. The van der Waals surface area contributed by atoms with Crippen molar-refractivity contribution >= 4 is 11.8 Å². The number of ether oxygens (including phenoxy) is 2. The highest BCUT2D eigenvalue weighted by atomic mass is 16.5. The number of fused-ring (bicyclic) bond motifs is 2. The van der Waals surface area contributed by atoms with Gasteiger partial charge in [0.25, 0.3) is 0 Å². The molecular weight excluding hydrogens is 238 g/mol. The number of dihydropyridines is 1. The summed E-state index contributed by atoms with van der Waals surface area (Å²) in [6, 6.07) is 6.11. The molecule has 0 aliphatic carbocycles. The Labute approximate surface area is 113 Å². The predicted octanol–water partition coefficient (Wildman–Crippen LogP) is 3.12. The van der Waals surface area contributed by atoms with Crippen LogP contribution in [0.25, 0.3) is 5.57 Å². The second-order valence-electron chi connectivity index (χ2n) is 4.69. The first-order chi connectivity index (χ1) is 9.33. The van der Waals surface area contributed by atoms with E-state index in [1.807, 2.05) is 30.5 Å². The quantitative estimate of drug-likeness (QED) is 0.772. The van der Waals surface area contributed by atoms with E-state index < -0.39 is 0 Å². The standard InChI is InChI=1S/C16H17NO2/c1-3-12-13-5-4-8-17-15(13)10-19-16-7-6-11(18-2)9-14(12)16/h3-9,13,15H,10H2,1-2H3/b12-3+. The maximum atomic E-state index is 5.91. The van der Waals surface area contributed by atoms with Gasteiger partial charge in [-0.05, 0) is 36.8 Å². The Bertz CT molecular complexity index is 572. The molecule has 3 nitrogen and oxygen atoms in total. The van der Waals surface area contributed by atoms with Gasteiger partial charge in [-0.3, -0.25) is 4.99 Å². The Hall–Kier alpha value is -2.03. The lowest BCUT2D eigenvalue weighted by Gasteiger charge is -2.22. The highest BCUT2D eigenvalue weighted by Crippen LogP contribution is 2.40. The third-order valence-electron chi connectivity index (χ3n) is 3.67. The van der Waals surface area contributed by atoms with Crippen LogP contribution in [-0.2, 0) is 0 Å². The smallest absolute Gasteiger partial charge is 0.127 e. The van der Waals surface area contributed by atoms with Gasteiger partial charge >= 0.3 is 0 Å². The largest absolute Gasteiger partial charge is 0.497 e. The van der Waals surface area contributed by atoms with Crippen LogP contribution in [-0.4, -0.2) is 26.0 Å². The van der Waals surface area contributed by atoms with E-state index in [0.29, 0.717) is 6.61 Å². The maximum Gasteiger partial charge on any atom is 0.127 e. The number of allylic oxidation sites excluding steroid dienone is 2. The Morgan fingerprint density at radius 1 is 1.42 bits per heavy atom. The molecule has 2 atom stereocenters. The molecule has 2 aliphatic rings. The van der Waals surface area contributed by atoms with E-state index in [-0.39, 0.29) is 12.0 Å². The average Bonchev–Trinajstić information content (AvgIpc) is 2.62. The van der Waals surface area contributed by atoms with Crippen LogP contribution in [0.4, 0.5) is 0 Å². The fourth-order valence-corrected chi connectivity index (χ4v) is 2.70. The summed E-state index contributed by atoms with van der Waals surface area (Å²) in [5.74, 6) is 2.04. The van der Waals surface area contributed by atoms with Gasteiger partial charge < -0.3 is 9.47 Å². The second kappa shape index (κ2) is 4.92. The first kappa shape index (κ1) is 12.0. The lowest BCUT2D eigenvalue weighted by Crippen LogP contribution is -2.25. The van der Waals surface area contributed by atoms with Gasteiger partial charge in [-0.1, -0.05) is 12.2 Å². The van der Waals surface area contributed by atoms with Crippen LogP contribution in [0, 0.1) is 5.92 Å². The molecule has 19 heavy (non-hydrogen) atoms. The molecule has 3 heteroatoms. The van der Waals surface area contributed by atoms with Crippen molar-refractivity contribution in [3.8, 4) is 11.5 Å². The molecule has 0 saturated carbocycles. The summed E-state index contributed by atoms with van der Waals surface area (Å²) in [6.45, 7) is 2.68. The molecular formula is C16H17NO2. The number of benzene rings is 1. The predicted molar refractivity (Wildman–Crippen MR) is 77.1 cm³/mol. The van der Waals surface area contributed by atoms with Crippen LogP contribution in [0.2, 0.25) is 0 Å². The average molecular weight is 255 g/mol. The summed E-state index contributed by atoms with van der Waals surface area (Å²) in [5.41, 5.74) is 2.36. The van der Waals surface area contributed by atoms with Crippen molar-refractivity contribution in [2.45, 2.75) is 13.0 Å². The van der Waals surface area contributed by atoms with Crippen LogP contribution in [0.15, 0.2) is 41.4 Å². The van der Waals surface area contributed by atoms with Gasteiger partial charge in [-0.25, -0.2) is 0 Å². The topological polar surface area (TPSA) is 30.8 Å². The van der Waals surface area contributed by atoms with Gasteiger partial charge in [0, 0.05) is 17.7 Å². The molecule has 2 unspecified atom stereocenters. The van der Waals surface area contributed by atoms with E-state index in [1.165, 1.54) is 5.57 Å². The third-order valence-corrected chi connectivity index (χ3v) is 3.67. The molecule has 0 N–H and O–H groups in total. The number of hydrogen-bond donors (Lipinski definition) is 0. The zero-order valence-electron chi connectivity index (χ0n) is 11.2. The van der Waals surface area contributed by atoms with Crippen LogP contribution < -0.4 is 9.47 Å². The summed E-state index contributed by atoms with van der Waals surface area (Å²) in [5, 5.41) is 0. The van der Waals surface area contributed by atoms with Gasteiger partial charge in [0.1, 0.15) is 18.1 Å². The van der Waals surface area contributed by atoms with Gasteiger partial charge in [0.2, 0.25) is 0 Å². The van der Waals surface area contributed by atoms with Crippen LogP contribution in [0.1, 0.15) is 12.5 Å². The summed E-state index contributed by atoms with van der Waals surface area (Å²) >= 11 is 0. The molecule has 2 aliphatic heterocycles. The van der Waals surface area contributed by atoms with E-state index >= 15 is 0 Å². The molecule has 1 aromatic rings. The number of nitrogens with zero attached hydrogens (tertiary/aromatic N) is 1. The Morgan fingerprint density at radius 3 is 3.11 bits per heavy atom. The molecule has 0 amide bonds. The molecule has 98 valence electrons. The molecule has 0 spiro atoms. The molecule has 0 radical (unpaired) electrons. The van der Waals surface area contributed by atoms with Crippen molar-refractivity contribution in [3.63, 3.8) is 0 Å². The van der Waals surface area contributed by atoms with Crippen molar-refractivity contribution < 1.29 is 9.47 Å². The zero-order chi connectivity index (χ0) is 13.2. The second-order valence-corrected chi connectivity index (χ2v) is 4.69. The maximum absolute atomic E-state index is 5.91. The monoisotopic (exact) mass is 255 g/mol. The first-order valence-electron chi connectivity index (χ1n) is 6.51. The van der Waals surface area contributed by atoms with E-state index in [1.54, 1.807) is 7.11 Å². The Balaban J connectivity index is 2.11. The van der Waals surface area contributed by atoms with Crippen molar-refractivity contribution in [1.82, 2.24) is 0 Å². The van der Waals surface area contributed by atoms with Gasteiger partial charge in [-0.2, -0.15) is 0 Å². The van der Waals surface area contributed by atoms with Crippen molar-refractivity contribution in [2.24, 2.45) is 10.9 Å². The van der Waals surface area contributed by atoms with E-state index in [0.717, 1.165) is 17.1 Å². The Morgan fingerprint density at radius 2 is 2.32 bits per heavy atom. The summed E-state index contributed by atoms with van der Waals surface area (Å²) in [7, 11) is 1.68. The number of aliphatic imine (C=N–C) groups is 1. The summed E-state index contributed by atoms with van der Waals surface area (Å²) in [6.07, 6.45) is 8.21. The van der Waals surface area contributed by atoms with Crippen molar-refractivity contribution in [1.29, 1.82) is 0 Å². The van der Waals surface area contributed by atoms with E-state index in [4.69, 9.17) is 9.47 Å². The Kier molecular flexibility index (Phi) is 3.11.